The summed E-state index contributed by atoms with van der Waals surface area (Å²) in [5.41, 5.74) is 0.537. The van der Waals surface area contributed by atoms with Gasteiger partial charge in [-0.2, -0.15) is 5.10 Å². The van der Waals surface area contributed by atoms with E-state index in [4.69, 9.17) is 4.74 Å². The lowest BCUT2D eigenvalue weighted by atomic mass is 10.1. The molecule has 2 fully saturated rings. The summed E-state index contributed by atoms with van der Waals surface area (Å²) in [4.78, 5) is 25.1. The van der Waals surface area contributed by atoms with Crippen molar-refractivity contribution >= 4 is 17.0 Å². The molecule has 0 spiro atoms. The Bertz CT molecular complexity index is 733. The first-order valence-corrected chi connectivity index (χ1v) is 8.70. The quantitative estimate of drug-likeness (QED) is 0.846. The van der Waals surface area contributed by atoms with Crippen molar-refractivity contribution in [1.82, 2.24) is 29.5 Å². The smallest absolute Gasteiger partial charge is 0.363 e. The van der Waals surface area contributed by atoms with Crippen LogP contribution in [0.25, 0.3) is 11.0 Å². The van der Waals surface area contributed by atoms with Gasteiger partial charge in [-0.05, 0) is 12.8 Å². The Morgan fingerprint density at radius 2 is 1.80 bits per heavy atom. The van der Waals surface area contributed by atoms with E-state index < -0.39 is 11.8 Å². The van der Waals surface area contributed by atoms with E-state index >= 15 is 0 Å². The molecule has 0 saturated carbocycles. The monoisotopic (exact) mass is 346 g/mol. The third kappa shape index (κ3) is 2.59. The fourth-order valence-corrected chi connectivity index (χ4v) is 3.91. The molecule has 0 aromatic carbocycles. The Morgan fingerprint density at radius 3 is 2.52 bits per heavy atom. The summed E-state index contributed by atoms with van der Waals surface area (Å²) in [7, 11) is 0. The third-order valence-electron chi connectivity index (χ3n) is 5.06. The van der Waals surface area contributed by atoms with Gasteiger partial charge in [0.05, 0.1) is 24.8 Å². The molecule has 2 aromatic heterocycles. The van der Waals surface area contributed by atoms with Crippen molar-refractivity contribution in [2.75, 3.05) is 39.4 Å². The Morgan fingerprint density at radius 1 is 1.08 bits per heavy atom. The molecule has 1 atom stereocenters. The minimum absolute atomic E-state index is 0.511. The molecule has 4 heterocycles. The van der Waals surface area contributed by atoms with Gasteiger partial charge in [-0.1, -0.05) is 6.42 Å². The van der Waals surface area contributed by atoms with Crippen LogP contribution in [-0.4, -0.2) is 80.0 Å². The number of hydrogen-bond donors (Lipinski definition) is 1. The first kappa shape index (κ1) is 16.4. The van der Waals surface area contributed by atoms with Crippen LogP contribution in [0.15, 0.2) is 18.7 Å². The number of carboxylic acid groups (broad SMARTS) is 1. The van der Waals surface area contributed by atoms with Crippen LogP contribution in [0.5, 0.6) is 0 Å². The number of aromatic nitrogens is 4. The van der Waals surface area contributed by atoms with Crippen molar-refractivity contribution < 1.29 is 14.6 Å². The van der Waals surface area contributed by atoms with Crippen molar-refractivity contribution in [3.63, 3.8) is 0 Å². The van der Waals surface area contributed by atoms with E-state index in [9.17, 15) is 9.90 Å². The van der Waals surface area contributed by atoms with Gasteiger partial charge in [0.2, 0.25) is 0 Å². The number of carbonyl (C=O) groups is 1. The highest BCUT2D eigenvalue weighted by Crippen LogP contribution is 2.33. The molecule has 0 bridgehead atoms. The van der Waals surface area contributed by atoms with Gasteiger partial charge < -0.3 is 9.84 Å². The highest BCUT2D eigenvalue weighted by molar-refractivity contribution is 5.80. The van der Waals surface area contributed by atoms with Gasteiger partial charge in [0.25, 0.3) is 5.79 Å². The largest absolute Gasteiger partial charge is 0.477 e. The number of hydrogen-bond acceptors (Lipinski definition) is 7. The molecule has 2 aliphatic heterocycles. The molecule has 9 heteroatoms. The predicted octanol–water partition coefficient (Wildman–Crippen LogP) is 0.339. The molecule has 9 nitrogen and oxygen atoms in total. The standard InChI is InChI=1S/C16H22N6O3/c23-15(24)16(20-4-2-1-3-5-20,21-6-8-25-9-7-21)22-14-13(11-19-22)10-17-12-18-14/h10-12H,1-9H2,(H,23,24). The van der Waals surface area contributed by atoms with Crippen LogP contribution in [0.2, 0.25) is 0 Å². The van der Waals surface area contributed by atoms with Gasteiger partial charge in [-0.25, -0.2) is 19.4 Å². The molecular weight excluding hydrogens is 324 g/mol. The topological polar surface area (TPSA) is 96.6 Å². The number of aliphatic carboxylic acids is 1. The lowest BCUT2D eigenvalue weighted by Crippen LogP contribution is -2.69. The summed E-state index contributed by atoms with van der Waals surface area (Å²) in [6.45, 7) is 3.53. The maximum atomic E-state index is 12.7. The molecular formula is C16H22N6O3. The second-order valence-corrected chi connectivity index (χ2v) is 6.45. The van der Waals surface area contributed by atoms with E-state index in [1.165, 1.54) is 6.33 Å². The van der Waals surface area contributed by atoms with E-state index in [-0.39, 0.29) is 0 Å². The molecule has 2 aromatic rings. The molecule has 0 aliphatic carbocycles. The number of morpholine rings is 1. The number of rotatable bonds is 4. The van der Waals surface area contributed by atoms with Crippen LogP contribution in [0, 0.1) is 0 Å². The molecule has 0 radical (unpaired) electrons. The van der Waals surface area contributed by atoms with E-state index in [1.54, 1.807) is 17.1 Å². The Hall–Kier alpha value is -2.10. The normalized spacial score (nSPS) is 22.7. The minimum atomic E-state index is -1.39. The summed E-state index contributed by atoms with van der Waals surface area (Å²) in [5, 5.41) is 15.6. The lowest BCUT2D eigenvalue weighted by molar-refractivity contribution is -0.200. The van der Waals surface area contributed by atoms with Crippen molar-refractivity contribution in [2.45, 2.75) is 25.0 Å². The van der Waals surface area contributed by atoms with Crippen LogP contribution in [0.3, 0.4) is 0 Å². The Labute approximate surface area is 145 Å². The van der Waals surface area contributed by atoms with Crippen LogP contribution in [-0.2, 0) is 15.3 Å². The van der Waals surface area contributed by atoms with Gasteiger partial charge in [-0.15, -0.1) is 0 Å². The predicted molar refractivity (Wildman–Crippen MR) is 88.7 cm³/mol. The Kier molecular flexibility index (Phi) is 4.36. The molecule has 2 aliphatic rings. The number of ether oxygens (including phenoxy) is 1. The number of piperidine rings is 1. The Balaban J connectivity index is 1.91. The van der Waals surface area contributed by atoms with Crippen molar-refractivity contribution in [3.8, 4) is 0 Å². The zero-order chi connectivity index (χ0) is 17.3. The summed E-state index contributed by atoms with van der Waals surface area (Å²) < 4.78 is 7.02. The first-order chi connectivity index (χ1) is 12.2. The van der Waals surface area contributed by atoms with Gasteiger partial charge >= 0.3 is 5.97 Å². The van der Waals surface area contributed by atoms with Crippen molar-refractivity contribution in [2.24, 2.45) is 0 Å². The first-order valence-electron chi connectivity index (χ1n) is 8.70. The molecule has 25 heavy (non-hydrogen) atoms. The summed E-state index contributed by atoms with van der Waals surface area (Å²) >= 11 is 0. The average Bonchev–Trinajstić information content (AvgIpc) is 3.09. The van der Waals surface area contributed by atoms with Crippen LogP contribution in [0.4, 0.5) is 0 Å². The van der Waals surface area contributed by atoms with Crippen LogP contribution < -0.4 is 0 Å². The molecule has 1 N–H and O–H groups in total. The van der Waals surface area contributed by atoms with Crippen LogP contribution in [0.1, 0.15) is 19.3 Å². The maximum absolute atomic E-state index is 12.7. The highest BCUT2D eigenvalue weighted by atomic mass is 16.5. The second kappa shape index (κ2) is 6.66. The molecule has 134 valence electrons. The van der Waals surface area contributed by atoms with Gasteiger partial charge in [0.1, 0.15) is 6.33 Å². The molecule has 4 rings (SSSR count). The van der Waals surface area contributed by atoms with Crippen LogP contribution >= 0.6 is 0 Å². The number of likely N-dealkylation sites (tertiary alicyclic amines) is 1. The maximum Gasteiger partial charge on any atom is 0.363 e. The lowest BCUT2D eigenvalue weighted by Gasteiger charge is -2.49. The van der Waals surface area contributed by atoms with E-state index in [0.717, 1.165) is 37.7 Å². The summed E-state index contributed by atoms with van der Waals surface area (Å²) in [6.07, 6.45) is 7.81. The summed E-state index contributed by atoms with van der Waals surface area (Å²) in [6, 6.07) is 0. The van der Waals surface area contributed by atoms with Crippen molar-refractivity contribution in [3.05, 3.63) is 18.7 Å². The number of carboxylic acids is 1. The molecule has 2 saturated heterocycles. The SMILES string of the molecule is O=C(O)C(N1CCCCC1)(N1CCOCC1)n1ncc2cncnc21. The van der Waals surface area contributed by atoms with E-state index in [2.05, 4.69) is 15.1 Å². The van der Waals surface area contributed by atoms with Gasteiger partial charge in [-0.3, -0.25) is 9.80 Å². The van der Waals surface area contributed by atoms with Crippen molar-refractivity contribution in [1.29, 1.82) is 0 Å². The molecule has 0 amide bonds. The van der Waals surface area contributed by atoms with Gasteiger partial charge in [0.15, 0.2) is 5.65 Å². The zero-order valence-electron chi connectivity index (χ0n) is 14.0. The fourth-order valence-electron chi connectivity index (χ4n) is 3.91. The second-order valence-electron chi connectivity index (χ2n) is 6.45. The van der Waals surface area contributed by atoms with Gasteiger partial charge in [0, 0.05) is 32.4 Å². The highest BCUT2D eigenvalue weighted by Gasteiger charge is 2.53. The number of nitrogens with zero attached hydrogens (tertiary/aromatic N) is 6. The average molecular weight is 346 g/mol. The zero-order valence-corrected chi connectivity index (χ0v) is 14.0. The number of fused-ring (bicyclic) bond motifs is 1. The fraction of sp³-hybridized carbons (Fsp3) is 0.625. The minimum Gasteiger partial charge on any atom is -0.477 e. The molecule has 1 unspecified atom stereocenters. The summed E-state index contributed by atoms with van der Waals surface area (Å²) in [5.74, 6) is -2.32. The third-order valence-corrected chi connectivity index (χ3v) is 5.06. The van der Waals surface area contributed by atoms with E-state index in [0.29, 0.717) is 32.0 Å². The van der Waals surface area contributed by atoms with E-state index in [1.807, 2.05) is 9.80 Å².